The molecule has 0 aromatic rings. The molecular formula is C14H25N3O. The molecule has 3 unspecified atom stereocenters. The molecule has 4 nitrogen and oxygen atoms in total. The molecule has 0 radical (unpaired) electrons. The standard InChI is InChI=1S/C14H25N3O/c1-3-10(2)13-14(18)17(9-15-13)12-8-16-6-4-11(12)5-7-16/h10-13,15H,3-9H2,1-2H3. The highest BCUT2D eigenvalue weighted by molar-refractivity contribution is 5.84. The van der Waals surface area contributed by atoms with E-state index in [1.54, 1.807) is 0 Å². The summed E-state index contributed by atoms with van der Waals surface area (Å²) in [5.41, 5.74) is 0. The largest absolute Gasteiger partial charge is 0.324 e. The maximum atomic E-state index is 12.5. The number of piperidine rings is 3. The minimum atomic E-state index is 0.0606. The minimum absolute atomic E-state index is 0.0606. The van der Waals surface area contributed by atoms with E-state index in [2.05, 4.69) is 29.0 Å². The van der Waals surface area contributed by atoms with E-state index in [1.807, 2.05) is 0 Å². The molecule has 4 heterocycles. The van der Waals surface area contributed by atoms with Crippen LogP contribution in [0.4, 0.5) is 0 Å². The average Bonchev–Trinajstić information content (AvgIpc) is 2.81. The van der Waals surface area contributed by atoms with E-state index in [4.69, 9.17) is 0 Å². The highest BCUT2D eigenvalue weighted by Gasteiger charge is 2.44. The maximum Gasteiger partial charge on any atom is 0.241 e. The first kappa shape index (κ1) is 12.4. The lowest BCUT2D eigenvalue weighted by Gasteiger charge is -2.48. The highest BCUT2D eigenvalue weighted by atomic mass is 16.2. The SMILES string of the molecule is CCC(C)C1NCN(C2CN3CCC2CC3)C1=O. The molecule has 1 N–H and O–H groups in total. The van der Waals surface area contributed by atoms with Gasteiger partial charge in [-0.05, 0) is 37.8 Å². The number of hydrogen-bond donors (Lipinski definition) is 1. The molecule has 0 aromatic heterocycles. The first-order chi connectivity index (χ1) is 8.70. The third kappa shape index (κ3) is 1.95. The zero-order chi connectivity index (χ0) is 12.7. The molecule has 0 aromatic carbocycles. The molecular weight excluding hydrogens is 226 g/mol. The van der Waals surface area contributed by atoms with Gasteiger partial charge >= 0.3 is 0 Å². The predicted octanol–water partition coefficient (Wildman–Crippen LogP) is 0.885. The number of nitrogens with zero attached hydrogens (tertiary/aromatic N) is 2. The molecule has 4 saturated heterocycles. The van der Waals surface area contributed by atoms with Gasteiger partial charge in [-0.2, -0.15) is 0 Å². The lowest BCUT2D eigenvalue weighted by molar-refractivity contribution is -0.135. The van der Waals surface area contributed by atoms with Gasteiger partial charge in [0.05, 0.1) is 12.7 Å². The van der Waals surface area contributed by atoms with Crippen molar-refractivity contribution in [2.24, 2.45) is 11.8 Å². The van der Waals surface area contributed by atoms with Gasteiger partial charge < -0.3 is 9.80 Å². The van der Waals surface area contributed by atoms with Crippen LogP contribution in [-0.2, 0) is 4.79 Å². The van der Waals surface area contributed by atoms with Crippen molar-refractivity contribution in [3.8, 4) is 0 Å². The van der Waals surface area contributed by atoms with Crippen LogP contribution in [0.5, 0.6) is 0 Å². The highest BCUT2D eigenvalue weighted by Crippen LogP contribution is 2.32. The number of carbonyl (C=O) groups is 1. The Hall–Kier alpha value is -0.610. The van der Waals surface area contributed by atoms with E-state index >= 15 is 0 Å². The van der Waals surface area contributed by atoms with Gasteiger partial charge in [-0.3, -0.25) is 10.1 Å². The van der Waals surface area contributed by atoms with Crippen LogP contribution in [0.3, 0.4) is 0 Å². The summed E-state index contributed by atoms with van der Waals surface area (Å²) >= 11 is 0. The first-order valence-electron chi connectivity index (χ1n) is 7.47. The topological polar surface area (TPSA) is 35.6 Å². The van der Waals surface area contributed by atoms with E-state index < -0.39 is 0 Å². The molecule has 4 fully saturated rings. The molecule has 4 aliphatic rings. The summed E-state index contributed by atoms with van der Waals surface area (Å²) in [4.78, 5) is 17.2. The average molecular weight is 251 g/mol. The number of hydrogen-bond acceptors (Lipinski definition) is 3. The van der Waals surface area contributed by atoms with Gasteiger partial charge in [-0.25, -0.2) is 0 Å². The van der Waals surface area contributed by atoms with E-state index in [9.17, 15) is 4.79 Å². The van der Waals surface area contributed by atoms with Crippen molar-refractivity contribution >= 4 is 5.91 Å². The second-order valence-corrected chi connectivity index (χ2v) is 6.24. The number of amides is 1. The van der Waals surface area contributed by atoms with Crippen LogP contribution in [0.1, 0.15) is 33.1 Å². The monoisotopic (exact) mass is 251 g/mol. The van der Waals surface area contributed by atoms with Gasteiger partial charge in [0.25, 0.3) is 0 Å². The van der Waals surface area contributed by atoms with Crippen LogP contribution < -0.4 is 5.32 Å². The Morgan fingerprint density at radius 2 is 2.11 bits per heavy atom. The molecule has 18 heavy (non-hydrogen) atoms. The van der Waals surface area contributed by atoms with Crippen LogP contribution in [0.2, 0.25) is 0 Å². The zero-order valence-corrected chi connectivity index (χ0v) is 11.6. The molecule has 0 saturated carbocycles. The number of carbonyl (C=O) groups excluding carboxylic acids is 1. The van der Waals surface area contributed by atoms with Crippen LogP contribution in [0.25, 0.3) is 0 Å². The lowest BCUT2D eigenvalue weighted by Crippen LogP contribution is -2.58. The normalized spacial score (nSPS) is 41.4. The van der Waals surface area contributed by atoms with Crippen molar-refractivity contribution in [3.63, 3.8) is 0 Å². The Morgan fingerprint density at radius 1 is 1.39 bits per heavy atom. The summed E-state index contributed by atoms with van der Waals surface area (Å²) < 4.78 is 0. The fourth-order valence-corrected chi connectivity index (χ4v) is 3.79. The van der Waals surface area contributed by atoms with Crippen LogP contribution in [0.15, 0.2) is 0 Å². The summed E-state index contributed by atoms with van der Waals surface area (Å²) in [6, 6.07) is 0.534. The molecule has 1 amide bonds. The van der Waals surface area contributed by atoms with E-state index in [1.165, 1.54) is 25.9 Å². The van der Waals surface area contributed by atoms with E-state index in [0.29, 0.717) is 17.9 Å². The summed E-state index contributed by atoms with van der Waals surface area (Å²) in [7, 11) is 0. The summed E-state index contributed by atoms with van der Waals surface area (Å²) in [6.45, 7) is 8.69. The van der Waals surface area contributed by atoms with Gasteiger partial charge in [0, 0.05) is 12.6 Å². The van der Waals surface area contributed by atoms with E-state index in [0.717, 1.165) is 25.6 Å². The number of fused-ring (bicyclic) bond motifs is 3. The van der Waals surface area contributed by atoms with Gasteiger partial charge in [-0.1, -0.05) is 20.3 Å². The second kappa shape index (κ2) is 4.82. The van der Waals surface area contributed by atoms with Crippen molar-refractivity contribution in [2.75, 3.05) is 26.3 Å². The zero-order valence-electron chi connectivity index (χ0n) is 11.6. The van der Waals surface area contributed by atoms with Gasteiger partial charge in [0.2, 0.25) is 5.91 Å². The van der Waals surface area contributed by atoms with Crippen LogP contribution in [0, 0.1) is 11.8 Å². The van der Waals surface area contributed by atoms with Gasteiger partial charge in [0.15, 0.2) is 0 Å². The summed E-state index contributed by atoms with van der Waals surface area (Å²) in [5, 5.41) is 3.42. The minimum Gasteiger partial charge on any atom is -0.324 e. The Bertz CT molecular complexity index is 325. The smallest absolute Gasteiger partial charge is 0.241 e. The maximum absolute atomic E-state index is 12.5. The molecule has 0 spiro atoms. The van der Waals surface area contributed by atoms with Crippen molar-refractivity contribution in [2.45, 2.75) is 45.2 Å². The molecule has 0 aliphatic carbocycles. The quantitative estimate of drug-likeness (QED) is 0.809. The van der Waals surface area contributed by atoms with Crippen molar-refractivity contribution < 1.29 is 4.79 Å². The lowest BCUT2D eigenvalue weighted by atomic mass is 9.83. The molecule has 4 heteroatoms. The number of nitrogens with one attached hydrogen (secondary N) is 1. The fraction of sp³-hybridized carbons (Fsp3) is 0.929. The molecule has 3 atom stereocenters. The van der Waals surface area contributed by atoms with E-state index in [-0.39, 0.29) is 6.04 Å². The Morgan fingerprint density at radius 3 is 2.67 bits per heavy atom. The van der Waals surface area contributed by atoms with Crippen LogP contribution in [-0.4, -0.2) is 54.1 Å². The third-order valence-electron chi connectivity index (χ3n) is 5.27. The Kier molecular flexibility index (Phi) is 3.32. The molecule has 4 aliphatic heterocycles. The second-order valence-electron chi connectivity index (χ2n) is 6.24. The summed E-state index contributed by atoms with van der Waals surface area (Å²) in [6.07, 6.45) is 3.63. The summed E-state index contributed by atoms with van der Waals surface area (Å²) in [5.74, 6) is 1.54. The molecule has 4 rings (SSSR count). The van der Waals surface area contributed by atoms with Gasteiger partial charge in [0.1, 0.15) is 0 Å². The Balaban J connectivity index is 1.69. The third-order valence-corrected chi connectivity index (χ3v) is 5.27. The van der Waals surface area contributed by atoms with Crippen molar-refractivity contribution in [1.29, 1.82) is 0 Å². The Labute approximate surface area is 110 Å². The molecule has 2 bridgehead atoms. The fourth-order valence-electron chi connectivity index (χ4n) is 3.79. The molecule has 102 valence electrons. The number of rotatable bonds is 3. The van der Waals surface area contributed by atoms with Gasteiger partial charge in [-0.15, -0.1) is 0 Å². The van der Waals surface area contributed by atoms with Crippen LogP contribution >= 0.6 is 0 Å². The van der Waals surface area contributed by atoms with Crippen molar-refractivity contribution in [1.82, 2.24) is 15.1 Å². The van der Waals surface area contributed by atoms with Crippen molar-refractivity contribution in [3.05, 3.63) is 0 Å². The predicted molar refractivity (Wildman–Crippen MR) is 71.0 cm³/mol. The first-order valence-corrected chi connectivity index (χ1v) is 7.47.